The van der Waals surface area contributed by atoms with Gasteiger partial charge in [0.25, 0.3) is 0 Å². The van der Waals surface area contributed by atoms with Gasteiger partial charge in [-0.25, -0.2) is 0 Å². The van der Waals surface area contributed by atoms with Gasteiger partial charge in [0.1, 0.15) is 0 Å². The summed E-state index contributed by atoms with van der Waals surface area (Å²) in [4.78, 5) is 4.35. The van der Waals surface area contributed by atoms with Crippen molar-refractivity contribution in [3.05, 3.63) is 30.0 Å². The lowest BCUT2D eigenvalue weighted by Crippen LogP contribution is -1.99. The van der Waals surface area contributed by atoms with E-state index in [-0.39, 0.29) is 0 Å². The summed E-state index contributed by atoms with van der Waals surface area (Å²) in [5.74, 6) is 0.561. The Kier molecular flexibility index (Phi) is 3.18. The van der Waals surface area contributed by atoms with E-state index in [4.69, 9.17) is 5.73 Å². The number of nitrogens with one attached hydrogen (secondary N) is 1. The average molecular weight is 229 g/mol. The number of rotatable bonds is 3. The summed E-state index contributed by atoms with van der Waals surface area (Å²) in [7, 11) is 1.89. The van der Waals surface area contributed by atoms with Crippen LogP contribution in [0.1, 0.15) is 31.7 Å². The largest absolute Gasteiger partial charge is 0.396 e. The molecule has 3 N–H and O–H groups in total. The van der Waals surface area contributed by atoms with Crippen LogP contribution >= 0.6 is 0 Å². The Bertz CT molecular complexity index is 534. The molecule has 90 valence electrons. The molecule has 0 fully saturated rings. The lowest BCUT2D eigenvalue weighted by atomic mass is 9.96. The normalized spacial score (nSPS) is 12.6. The third-order valence-corrected chi connectivity index (χ3v) is 3.35. The molecule has 3 heteroatoms. The summed E-state index contributed by atoms with van der Waals surface area (Å²) in [5.41, 5.74) is 9.92. The van der Waals surface area contributed by atoms with Crippen LogP contribution < -0.4 is 11.1 Å². The monoisotopic (exact) mass is 229 g/mol. The summed E-state index contributed by atoms with van der Waals surface area (Å²) >= 11 is 0. The van der Waals surface area contributed by atoms with E-state index < -0.39 is 0 Å². The van der Waals surface area contributed by atoms with Gasteiger partial charge in [0.2, 0.25) is 0 Å². The molecule has 2 aromatic rings. The first kappa shape index (κ1) is 11.7. The number of anilines is 2. The lowest BCUT2D eigenvalue weighted by molar-refractivity contribution is 0.734. The Morgan fingerprint density at radius 2 is 2.18 bits per heavy atom. The van der Waals surface area contributed by atoms with Crippen LogP contribution in [0.3, 0.4) is 0 Å². The summed E-state index contributed by atoms with van der Waals surface area (Å²) < 4.78 is 0. The molecular weight excluding hydrogens is 210 g/mol. The van der Waals surface area contributed by atoms with Crippen molar-refractivity contribution in [1.82, 2.24) is 4.98 Å². The maximum atomic E-state index is 5.93. The zero-order valence-electron chi connectivity index (χ0n) is 10.6. The van der Waals surface area contributed by atoms with Crippen LogP contribution in [-0.2, 0) is 0 Å². The number of fused-ring (bicyclic) bond motifs is 1. The molecule has 1 heterocycles. The molecule has 1 atom stereocenters. The number of pyridine rings is 1. The highest BCUT2D eigenvalue weighted by atomic mass is 14.9. The van der Waals surface area contributed by atoms with Crippen molar-refractivity contribution in [2.75, 3.05) is 18.1 Å². The van der Waals surface area contributed by atoms with Gasteiger partial charge in [0, 0.05) is 12.4 Å². The van der Waals surface area contributed by atoms with E-state index in [9.17, 15) is 0 Å². The first-order chi connectivity index (χ1) is 8.17. The number of nitrogen functional groups attached to an aromatic ring is 1. The molecule has 1 aromatic heterocycles. The van der Waals surface area contributed by atoms with E-state index in [0.717, 1.165) is 23.0 Å². The summed E-state index contributed by atoms with van der Waals surface area (Å²) in [6.45, 7) is 4.44. The average Bonchev–Trinajstić information content (AvgIpc) is 2.37. The molecule has 1 aromatic carbocycles. The minimum Gasteiger partial charge on any atom is -0.396 e. The highest BCUT2D eigenvalue weighted by Crippen LogP contribution is 2.30. The number of hydrogen-bond donors (Lipinski definition) is 2. The highest BCUT2D eigenvalue weighted by molar-refractivity contribution is 5.97. The van der Waals surface area contributed by atoms with Crippen LogP contribution in [0.4, 0.5) is 11.4 Å². The molecule has 0 aliphatic heterocycles. The van der Waals surface area contributed by atoms with E-state index in [1.807, 2.05) is 7.05 Å². The van der Waals surface area contributed by atoms with Gasteiger partial charge in [0.15, 0.2) is 0 Å². The molecule has 0 unspecified atom stereocenters. The third kappa shape index (κ3) is 2.05. The van der Waals surface area contributed by atoms with Crippen molar-refractivity contribution in [3.63, 3.8) is 0 Å². The van der Waals surface area contributed by atoms with E-state index in [2.05, 4.69) is 42.3 Å². The summed E-state index contributed by atoms with van der Waals surface area (Å²) in [6, 6.07) is 6.41. The zero-order chi connectivity index (χ0) is 12.4. The van der Waals surface area contributed by atoms with E-state index in [1.54, 1.807) is 6.20 Å². The lowest BCUT2D eigenvalue weighted by Gasteiger charge is -2.13. The topological polar surface area (TPSA) is 50.9 Å². The number of nitrogens with two attached hydrogens (primary N) is 1. The van der Waals surface area contributed by atoms with Crippen molar-refractivity contribution < 1.29 is 0 Å². The Labute approximate surface area is 102 Å². The van der Waals surface area contributed by atoms with E-state index in [0.29, 0.717) is 11.6 Å². The highest BCUT2D eigenvalue weighted by Gasteiger charge is 2.08. The van der Waals surface area contributed by atoms with Gasteiger partial charge in [-0.05, 0) is 30.0 Å². The third-order valence-electron chi connectivity index (χ3n) is 3.35. The molecule has 0 amide bonds. The van der Waals surface area contributed by atoms with Gasteiger partial charge >= 0.3 is 0 Å². The van der Waals surface area contributed by atoms with E-state index in [1.165, 1.54) is 5.56 Å². The van der Waals surface area contributed by atoms with Crippen molar-refractivity contribution in [2.45, 2.75) is 26.2 Å². The maximum absolute atomic E-state index is 5.93. The van der Waals surface area contributed by atoms with Crippen LogP contribution in [0.5, 0.6) is 0 Å². The second kappa shape index (κ2) is 4.62. The molecule has 0 spiro atoms. The van der Waals surface area contributed by atoms with Gasteiger partial charge in [-0.1, -0.05) is 19.9 Å². The number of benzene rings is 1. The smallest absolute Gasteiger partial charge is 0.0742 e. The molecule has 0 aliphatic rings. The van der Waals surface area contributed by atoms with Crippen LogP contribution in [-0.4, -0.2) is 12.0 Å². The Balaban J connectivity index is 2.65. The molecule has 0 radical (unpaired) electrons. The standard InChI is InChI=1S/C14H19N3/c1-4-9(2)10-5-6-13-11(7-10)14(16-3)12(15)8-17-13/h5-9H,4,15H2,1-3H3,(H,16,17)/t9-/m0/s1. The Hall–Kier alpha value is -1.77. The van der Waals surface area contributed by atoms with Crippen LogP contribution in [0.15, 0.2) is 24.4 Å². The van der Waals surface area contributed by atoms with Gasteiger partial charge < -0.3 is 11.1 Å². The molecule has 3 nitrogen and oxygen atoms in total. The Morgan fingerprint density at radius 1 is 1.41 bits per heavy atom. The van der Waals surface area contributed by atoms with Crippen molar-refractivity contribution in [1.29, 1.82) is 0 Å². The predicted octanol–water partition coefficient (Wildman–Crippen LogP) is 3.37. The SMILES string of the molecule is CC[C@H](C)c1ccc2ncc(N)c(NC)c2c1. The Morgan fingerprint density at radius 3 is 2.82 bits per heavy atom. The molecule has 0 bridgehead atoms. The molecule has 0 saturated carbocycles. The molecule has 0 saturated heterocycles. The van der Waals surface area contributed by atoms with Gasteiger partial charge in [-0.3, -0.25) is 4.98 Å². The number of aromatic nitrogens is 1. The fraction of sp³-hybridized carbons (Fsp3) is 0.357. The fourth-order valence-corrected chi connectivity index (χ4v) is 2.05. The minimum atomic E-state index is 0.561. The zero-order valence-corrected chi connectivity index (χ0v) is 10.6. The minimum absolute atomic E-state index is 0.561. The van der Waals surface area contributed by atoms with Crippen LogP contribution in [0.25, 0.3) is 10.9 Å². The maximum Gasteiger partial charge on any atom is 0.0742 e. The molecule has 0 aliphatic carbocycles. The summed E-state index contributed by atoms with van der Waals surface area (Å²) in [6.07, 6.45) is 2.84. The van der Waals surface area contributed by atoms with Gasteiger partial charge in [-0.15, -0.1) is 0 Å². The predicted molar refractivity (Wildman–Crippen MR) is 74.4 cm³/mol. The number of hydrogen-bond acceptors (Lipinski definition) is 3. The van der Waals surface area contributed by atoms with Gasteiger partial charge in [-0.2, -0.15) is 0 Å². The molecule has 2 rings (SSSR count). The number of nitrogens with zero attached hydrogens (tertiary/aromatic N) is 1. The first-order valence-corrected chi connectivity index (χ1v) is 6.03. The second-order valence-electron chi connectivity index (χ2n) is 4.42. The van der Waals surface area contributed by atoms with Crippen molar-refractivity contribution in [3.8, 4) is 0 Å². The van der Waals surface area contributed by atoms with Crippen molar-refractivity contribution in [2.24, 2.45) is 0 Å². The quantitative estimate of drug-likeness (QED) is 0.848. The van der Waals surface area contributed by atoms with E-state index >= 15 is 0 Å². The summed E-state index contributed by atoms with van der Waals surface area (Å²) in [5, 5.41) is 4.26. The van der Waals surface area contributed by atoms with Crippen molar-refractivity contribution >= 4 is 22.3 Å². The molecular formula is C14H19N3. The van der Waals surface area contributed by atoms with Gasteiger partial charge in [0.05, 0.1) is 23.1 Å². The van der Waals surface area contributed by atoms with Crippen LogP contribution in [0, 0.1) is 0 Å². The first-order valence-electron chi connectivity index (χ1n) is 6.03. The van der Waals surface area contributed by atoms with Crippen LogP contribution in [0.2, 0.25) is 0 Å². The molecule has 17 heavy (non-hydrogen) atoms. The fourth-order valence-electron chi connectivity index (χ4n) is 2.05. The second-order valence-corrected chi connectivity index (χ2v) is 4.42.